The van der Waals surface area contributed by atoms with Crippen LogP contribution in [0.4, 0.5) is 0 Å². The first-order valence-electron chi connectivity index (χ1n) is 4.03. The molecule has 72 valence electrons. The van der Waals surface area contributed by atoms with Gasteiger partial charge in [-0.3, -0.25) is 4.21 Å². The summed E-state index contributed by atoms with van der Waals surface area (Å²) in [4.78, 5) is 0. The summed E-state index contributed by atoms with van der Waals surface area (Å²) in [6.45, 7) is 3.00. The lowest BCUT2D eigenvalue weighted by atomic mass is 10.3. The Morgan fingerprint density at radius 3 is 2.92 bits per heavy atom. The zero-order chi connectivity index (χ0) is 9.03. The van der Waals surface area contributed by atoms with Crippen molar-refractivity contribution in [2.24, 2.45) is 4.36 Å². The minimum absolute atomic E-state index is 0.111. The number of morpholine rings is 1. The van der Waals surface area contributed by atoms with E-state index in [1.165, 1.54) is 0 Å². The average Bonchev–Trinajstić information content (AvgIpc) is 2.02. The van der Waals surface area contributed by atoms with Gasteiger partial charge in [-0.1, -0.05) is 0 Å². The number of ether oxygens (including phenoxy) is 1. The van der Waals surface area contributed by atoms with Gasteiger partial charge in [0, 0.05) is 35.3 Å². The van der Waals surface area contributed by atoms with Crippen molar-refractivity contribution in [3.05, 3.63) is 0 Å². The van der Waals surface area contributed by atoms with Gasteiger partial charge in [-0.2, -0.15) is 0 Å². The first-order valence-corrected chi connectivity index (χ1v) is 6.36. The zero-order valence-corrected chi connectivity index (χ0v) is 8.39. The highest BCUT2D eigenvalue weighted by Gasteiger charge is 2.12. The summed E-state index contributed by atoms with van der Waals surface area (Å²) in [5.74, 6) is 0. The predicted molar refractivity (Wildman–Crippen MR) is 49.9 cm³/mol. The molecule has 5 heteroatoms. The van der Waals surface area contributed by atoms with Crippen LogP contribution in [-0.4, -0.2) is 49.1 Å². The van der Waals surface area contributed by atoms with Gasteiger partial charge in [0.15, 0.2) is 0 Å². The molecule has 0 bridgehead atoms. The zero-order valence-electron chi connectivity index (χ0n) is 7.58. The molecule has 0 radical (unpaired) electrons. The molecule has 1 aliphatic rings. The van der Waals surface area contributed by atoms with Crippen molar-refractivity contribution >= 4 is 9.73 Å². The molecule has 1 aliphatic heterocycles. The van der Waals surface area contributed by atoms with Crippen LogP contribution in [0, 0.1) is 0 Å². The SMILES string of the molecule is CS(C)(=O)=NC[C@@H]1CNCCO1. The number of hydrogen-bond donors (Lipinski definition) is 1. The van der Waals surface area contributed by atoms with Gasteiger partial charge in [0.25, 0.3) is 0 Å². The quantitative estimate of drug-likeness (QED) is 0.653. The standard InChI is InChI=1S/C7H16N2O2S/c1-12(2,10)9-6-7-5-8-3-4-11-7/h7-8H,3-6H2,1-2H3/t7-/m0/s1. The molecule has 1 N–H and O–H groups in total. The first-order chi connectivity index (χ1) is 5.58. The molecule has 1 saturated heterocycles. The van der Waals surface area contributed by atoms with Crippen LogP contribution in [0.15, 0.2) is 4.36 Å². The van der Waals surface area contributed by atoms with E-state index in [0.29, 0.717) is 6.54 Å². The molecule has 1 fully saturated rings. The van der Waals surface area contributed by atoms with E-state index >= 15 is 0 Å². The fourth-order valence-corrected chi connectivity index (χ4v) is 1.52. The Kier molecular flexibility index (Phi) is 3.49. The summed E-state index contributed by atoms with van der Waals surface area (Å²) < 4.78 is 20.6. The second-order valence-corrected chi connectivity index (χ2v) is 5.81. The third-order valence-corrected chi connectivity index (χ3v) is 2.36. The van der Waals surface area contributed by atoms with E-state index in [4.69, 9.17) is 4.74 Å². The van der Waals surface area contributed by atoms with Crippen LogP contribution in [-0.2, 0) is 14.5 Å². The molecule has 0 unspecified atom stereocenters. The van der Waals surface area contributed by atoms with Crippen LogP contribution in [0.1, 0.15) is 0 Å². The molecule has 12 heavy (non-hydrogen) atoms. The van der Waals surface area contributed by atoms with E-state index < -0.39 is 9.73 Å². The maximum Gasteiger partial charge on any atom is 0.0902 e. The van der Waals surface area contributed by atoms with Crippen molar-refractivity contribution in [1.29, 1.82) is 0 Å². The van der Waals surface area contributed by atoms with Crippen molar-refractivity contribution < 1.29 is 8.95 Å². The Hall–Kier alpha value is -0.130. The smallest absolute Gasteiger partial charge is 0.0902 e. The second kappa shape index (κ2) is 4.20. The average molecular weight is 192 g/mol. The summed E-state index contributed by atoms with van der Waals surface area (Å²) in [6, 6.07) is 0. The molecule has 0 aliphatic carbocycles. The highest BCUT2D eigenvalue weighted by atomic mass is 32.2. The predicted octanol–water partition coefficient (Wildman–Crippen LogP) is -0.298. The molecule has 0 spiro atoms. The van der Waals surface area contributed by atoms with Gasteiger partial charge >= 0.3 is 0 Å². The van der Waals surface area contributed by atoms with Crippen molar-refractivity contribution in [3.63, 3.8) is 0 Å². The fraction of sp³-hybridized carbons (Fsp3) is 1.00. The van der Waals surface area contributed by atoms with Crippen molar-refractivity contribution in [1.82, 2.24) is 5.32 Å². The Labute approximate surface area is 73.9 Å². The van der Waals surface area contributed by atoms with Gasteiger partial charge in [-0.05, 0) is 0 Å². The Morgan fingerprint density at radius 1 is 1.67 bits per heavy atom. The monoisotopic (exact) mass is 192 g/mol. The van der Waals surface area contributed by atoms with Crippen molar-refractivity contribution in [2.75, 3.05) is 38.8 Å². The Morgan fingerprint density at radius 2 is 2.42 bits per heavy atom. The maximum atomic E-state index is 11.2. The maximum absolute atomic E-state index is 11.2. The fourth-order valence-electron chi connectivity index (χ4n) is 1.000. The van der Waals surface area contributed by atoms with Crippen molar-refractivity contribution in [3.8, 4) is 0 Å². The lowest BCUT2D eigenvalue weighted by Gasteiger charge is -2.21. The summed E-state index contributed by atoms with van der Waals surface area (Å²) in [6.07, 6.45) is 3.39. The first kappa shape index (κ1) is 9.95. The van der Waals surface area contributed by atoms with Gasteiger partial charge in [-0.25, -0.2) is 4.36 Å². The molecule has 1 rings (SSSR count). The van der Waals surface area contributed by atoms with Crippen molar-refractivity contribution in [2.45, 2.75) is 6.10 Å². The second-order valence-electron chi connectivity index (χ2n) is 3.19. The van der Waals surface area contributed by atoms with Crippen LogP contribution in [0.5, 0.6) is 0 Å². The van der Waals surface area contributed by atoms with Gasteiger partial charge < -0.3 is 10.1 Å². The van der Waals surface area contributed by atoms with Gasteiger partial charge in [0.05, 0.1) is 19.3 Å². The minimum Gasteiger partial charge on any atom is -0.374 e. The summed E-state index contributed by atoms with van der Waals surface area (Å²) in [5.41, 5.74) is 0. The molecular formula is C7H16N2O2S. The van der Waals surface area contributed by atoms with E-state index in [1.54, 1.807) is 12.5 Å². The molecule has 0 aromatic rings. The van der Waals surface area contributed by atoms with E-state index in [-0.39, 0.29) is 6.10 Å². The van der Waals surface area contributed by atoms with Crippen LogP contribution in [0.3, 0.4) is 0 Å². The summed E-state index contributed by atoms with van der Waals surface area (Å²) >= 11 is 0. The highest BCUT2D eigenvalue weighted by Crippen LogP contribution is 1.97. The molecule has 0 amide bonds. The third kappa shape index (κ3) is 4.04. The Balaban J connectivity index is 2.36. The lowest BCUT2D eigenvalue weighted by Crippen LogP contribution is -2.40. The van der Waals surface area contributed by atoms with Gasteiger partial charge in [0.2, 0.25) is 0 Å². The summed E-state index contributed by atoms with van der Waals surface area (Å²) in [5, 5.41) is 3.19. The van der Waals surface area contributed by atoms with Crippen LogP contribution < -0.4 is 5.32 Å². The number of rotatable bonds is 2. The van der Waals surface area contributed by atoms with Crippen LogP contribution in [0.25, 0.3) is 0 Å². The van der Waals surface area contributed by atoms with Gasteiger partial charge in [0.1, 0.15) is 0 Å². The van der Waals surface area contributed by atoms with Gasteiger partial charge in [-0.15, -0.1) is 0 Å². The third-order valence-electron chi connectivity index (χ3n) is 1.59. The molecule has 1 heterocycles. The van der Waals surface area contributed by atoms with Crippen LogP contribution in [0.2, 0.25) is 0 Å². The molecule has 0 saturated carbocycles. The molecule has 0 aromatic carbocycles. The number of nitrogens with zero attached hydrogens (tertiary/aromatic N) is 1. The molecule has 1 atom stereocenters. The molecular weight excluding hydrogens is 176 g/mol. The van der Waals surface area contributed by atoms with E-state index in [0.717, 1.165) is 19.7 Å². The summed E-state index contributed by atoms with van der Waals surface area (Å²) in [7, 11) is -1.96. The highest BCUT2D eigenvalue weighted by molar-refractivity contribution is 7.92. The number of hydrogen-bond acceptors (Lipinski definition) is 4. The molecule has 4 nitrogen and oxygen atoms in total. The minimum atomic E-state index is -1.96. The normalized spacial score (nSPS) is 25.3. The number of nitrogens with one attached hydrogen (secondary N) is 1. The largest absolute Gasteiger partial charge is 0.374 e. The Bertz CT molecular complexity index is 232. The molecule has 0 aromatic heterocycles. The topological polar surface area (TPSA) is 50.7 Å². The van der Waals surface area contributed by atoms with E-state index in [2.05, 4.69) is 9.68 Å². The lowest BCUT2D eigenvalue weighted by molar-refractivity contribution is 0.0352. The van der Waals surface area contributed by atoms with E-state index in [1.807, 2.05) is 0 Å². The van der Waals surface area contributed by atoms with Crippen LogP contribution >= 0.6 is 0 Å². The van der Waals surface area contributed by atoms with E-state index in [9.17, 15) is 4.21 Å².